The molecule has 0 amide bonds. The maximum absolute atomic E-state index is 11.1. The molecule has 0 fully saturated rings. The van der Waals surface area contributed by atoms with Crippen molar-refractivity contribution >= 4 is 12.0 Å². The molecular formula is C19H19N5O3. The van der Waals surface area contributed by atoms with Gasteiger partial charge in [-0.2, -0.15) is 15.2 Å². The van der Waals surface area contributed by atoms with E-state index in [9.17, 15) is 4.79 Å². The molecule has 0 aliphatic carbocycles. The van der Waals surface area contributed by atoms with Crippen molar-refractivity contribution in [3.8, 4) is 11.5 Å². The van der Waals surface area contributed by atoms with Crippen LogP contribution in [0, 0.1) is 6.92 Å². The predicted molar refractivity (Wildman–Crippen MR) is 102 cm³/mol. The Bertz CT molecular complexity index is 983. The minimum absolute atomic E-state index is 0.250. The fraction of sp³-hybridized carbons (Fsp3) is 0.158. The zero-order valence-corrected chi connectivity index (χ0v) is 15.0. The predicted octanol–water partition coefficient (Wildman–Crippen LogP) is 2.51. The van der Waals surface area contributed by atoms with E-state index in [1.807, 2.05) is 43.3 Å². The molecule has 0 saturated heterocycles. The van der Waals surface area contributed by atoms with Gasteiger partial charge in [0, 0.05) is 0 Å². The molecular weight excluding hydrogens is 346 g/mol. The van der Waals surface area contributed by atoms with Crippen molar-refractivity contribution in [2.24, 2.45) is 5.10 Å². The molecule has 8 heteroatoms. The van der Waals surface area contributed by atoms with Gasteiger partial charge in [0.05, 0.1) is 19.5 Å². The number of hydrogen-bond donors (Lipinski definition) is 2. The molecule has 1 heterocycles. The molecule has 0 radical (unpaired) electrons. The smallest absolute Gasteiger partial charge is 0.363 e. The van der Waals surface area contributed by atoms with Crippen molar-refractivity contribution in [2.45, 2.75) is 13.5 Å². The molecule has 0 aliphatic heterocycles. The van der Waals surface area contributed by atoms with Crippen molar-refractivity contribution in [2.75, 3.05) is 12.5 Å². The zero-order valence-electron chi connectivity index (χ0n) is 15.0. The van der Waals surface area contributed by atoms with Crippen LogP contribution in [0.3, 0.4) is 0 Å². The topological polar surface area (TPSA) is 101 Å². The third kappa shape index (κ3) is 5.15. The van der Waals surface area contributed by atoms with Crippen LogP contribution < -0.4 is 20.6 Å². The summed E-state index contributed by atoms with van der Waals surface area (Å²) in [6.45, 7) is 2.50. The number of aryl methyl sites for hydroxylation is 1. The van der Waals surface area contributed by atoms with Gasteiger partial charge in [0.2, 0.25) is 0 Å². The molecule has 2 aromatic carbocycles. The number of nitrogens with zero attached hydrogens (tertiary/aromatic N) is 3. The van der Waals surface area contributed by atoms with E-state index in [1.54, 1.807) is 19.4 Å². The summed E-state index contributed by atoms with van der Waals surface area (Å²) in [6.07, 6.45) is 2.94. The fourth-order valence-electron chi connectivity index (χ4n) is 2.27. The maximum atomic E-state index is 11.1. The zero-order chi connectivity index (χ0) is 19.1. The number of aromatic amines is 1. The first kappa shape index (κ1) is 18.1. The number of H-pyrrole nitrogens is 1. The lowest BCUT2D eigenvalue weighted by Crippen LogP contribution is -2.13. The van der Waals surface area contributed by atoms with Gasteiger partial charge in [0.25, 0.3) is 0 Å². The first-order chi connectivity index (χ1) is 13.1. The SMILES string of the molecule is COc1cc(/C=N/Nc2cn[nH]c(=O)n2)ccc1OCc1ccc(C)cc1. The number of aromatic nitrogens is 3. The molecule has 8 nitrogen and oxygen atoms in total. The number of nitrogens with one attached hydrogen (secondary N) is 2. The summed E-state index contributed by atoms with van der Waals surface area (Å²) < 4.78 is 11.3. The Labute approximate surface area is 155 Å². The summed E-state index contributed by atoms with van der Waals surface area (Å²) in [5.74, 6) is 1.49. The van der Waals surface area contributed by atoms with Crippen LogP contribution in [-0.4, -0.2) is 28.5 Å². The highest BCUT2D eigenvalue weighted by molar-refractivity contribution is 5.81. The standard InChI is InChI=1S/C19H19N5O3/c1-13-3-5-14(6-4-13)12-27-16-8-7-15(9-17(16)26-2)10-20-23-18-11-21-24-19(25)22-18/h3-11H,12H2,1-2H3,(H2,22,23,24,25)/b20-10+. The minimum Gasteiger partial charge on any atom is -0.493 e. The van der Waals surface area contributed by atoms with E-state index >= 15 is 0 Å². The molecule has 0 aliphatic rings. The molecule has 0 bridgehead atoms. The molecule has 3 aromatic rings. The van der Waals surface area contributed by atoms with Gasteiger partial charge in [-0.3, -0.25) is 5.43 Å². The Hall–Kier alpha value is -3.68. The number of rotatable bonds is 7. The van der Waals surface area contributed by atoms with E-state index in [4.69, 9.17) is 9.47 Å². The normalized spacial score (nSPS) is 10.7. The van der Waals surface area contributed by atoms with E-state index in [0.29, 0.717) is 18.1 Å². The second kappa shape index (κ2) is 8.61. The molecule has 138 valence electrons. The summed E-state index contributed by atoms with van der Waals surface area (Å²) in [5, 5.41) is 9.85. The van der Waals surface area contributed by atoms with Crippen molar-refractivity contribution in [1.82, 2.24) is 15.2 Å². The van der Waals surface area contributed by atoms with Crippen LogP contribution in [0.25, 0.3) is 0 Å². The van der Waals surface area contributed by atoms with Gasteiger partial charge in [-0.1, -0.05) is 29.8 Å². The average molecular weight is 365 g/mol. The van der Waals surface area contributed by atoms with E-state index < -0.39 is 5.69 Å². The van der Waals surface area contributed by atoms with Gasteiger partial charge >= 0.3 is 5.69 Å². The van der Waals surface area contributed by atoms with E-state index in [-0.39, 0.29) is 5.82 Å². The Morgan fingerprint density at radius 2 is 2.00 bits per heavy atom. The summed E-state index contributed by atoms with van der Waals surface area (Å²) in [7, 11) is 1.58. The maximum Gasteiger partial charge on any atom is 0.363 e. The Morgan fingerprint density at radius 1 is 1.19 bits per heavy atom. The largest absolute Gasteiger partial charge is 0.493 e. The quantitative estimate of drug-likeness (QED) is 0.493. The molecule has 0 atom stereocenters. The number of anilines is 1. The first-order valence-corrected chi connectivity index (χ1v) is 8.21. The van der Waals surface area contributed by atoms with Gasteiger partial charge in [0.15, 0.2) is 17.3 Å². The number of methoxy groups -OCH3 is 1. The van der Waals surface area contributed by atoms with E-state index in [2.05, 4.69) is 25.7 Å². The van der Waals surface area contributed by atoms with Crippen LogP contribution in [0.4, 0.5) is 5.82 Å². The summed E-state index contributed by atoms with van der Waals surface area (Å²) in [5.41, 5.74) is 5.17. The minimum atomic E-state index is -0.549. The van der Waals surface area contributed by atoms with Crippen LogP contribution >= 0.6 is 0 Å². The highest BCUT2D eigenvalue weighted by Gasteiger charge is 2.06. The van der Waals surface area contributed by atoms with Gasteiger partial charge in [-0.25, -0.2) is 9.89 Å². The van der Waals surface area contributed by atoms with Crippen LogP contribution in [0.15, 0.2) is 58.6 Å². The third-order valence-electron chi connectivity index (χ3n) is 3.66. The average Bonchev–Trinajstić information content (AvgIpc) is 2.68. The molecule has 0 unspecified atom stereocenters. The van der Waals surface area contributed by atoms with E-state index in [0.717, 1.165) is 11.1 Å². The Morgan fingerprint density at radius 3 is 2.74 bits per heavy atom. The van der Waals surface area contributed by atoms with Gasteiger partial charge in [-0.05, 0) is 36.2 Å². The van der Waals surface area contributed by atoms with Gasteiger partial charge < -0.3 is 9.47 Å². The monoisotopic (exact) mass is 365 g/mol. The van der Waals surface area contributed by atoms with Gasteiger partial charge in [-0.15, -0.1) is 0 Å². The second-order valence-electron chi connectivity index (χ2n) is 5.73. The van der Waals surface area contributed by atoms with Crippen LogP contribution in [0.2, 0.25) is 0 Å². The number of hydrazone groups is 1. The lowest BCUT2D eigenvalue weighted by atomic mass is 10.2. The number of ether oxygens (including phenoxy) is 2. The lowest BCUT2D eigenvalue weighted by Gasteiger charge is -2.11. The van der Waals surface area contributed by atoms with Crippen molar-refractivity contribution in [3.63, 3.8) is 0 Å². The Balaban J connectivity index is 1.65. The first-order valence-electron chi connectivity index (χ1n) is 8.21. The van der Waals surface area contributed by atoms with Crippen LogP contribution in [-0.2, 0) is 6.61 Å². The van der Waals surface area contributed by atoms with Crippen molar-refractivity contribution in [3.05, 3.63) is 75.8 Å². The van der Waals surface area contributed by atoms with Gasteiger partial charge in [0.1, 0.15) is 6.61 Å². The lowest BCUT2D eigenvalue weighted by molar-refractivity contribution is 0.284. The van der Waals surface area contributed by atoms with Crippen molar-refractivity contribution < 1.29 is 9.47 Å². The molecule has 0 saturated carbocycles. The summed E-state index contributed by atoms with van der Waals surface area (Å²) >= 11 is 0. The third-order valence-corrected chi connectivity index (χ3v) is 3.66. The molecule has 2 N–H and O–H groups in total. The number of benzene rings is 2. The Kier molecular flexibility index (Phi) is 5.78. The van der Waals surface area contributed by atoms with Crippen LogP contribution in [0.5, 0.6) is 11.5 Å². The summed E-state index contributed by atoms with van der Waals surface area (Å²) in [6, 6.07) is 13.6. The molecule has 27 heavy (non-hydrogen) atoms. The molecule has 0 spiro atoms. The van der Waals surface area contributed by atoms with Crippen LogP contribution in [0.1, 0.15) is 16.7 Å². The van der Waals surface area contributed by atoms with Crippen molar-refractivity contribution in [1.29, 1.82) is 0 Å². The summed E-state index contributed by atoms with van der Waals surface area (Å²) in [4.78, 5) is 14.7. The fourth-order valence-corrected chi connectivity index (χ4v) is 2.27. The number of hydrogen-bond acceptors (Lipinski definition) is 7. The second-order valence-corrected chi connectivity index (χ2v) is 5.73. The van der Waals surface area contributed by atoms with E-state index in [1.165, 1.54) is 11.8 Å². The molecule has 3 rings (SSSR count). The highest BCUT2D eigenvalue weighted by atomic mass is 16.5. The molecule has 1 aromatic heterocycles. The highest BCUT2D eigenvalue weighted by Crippen LogP contribution is 2.28.